The Kier molecular flexibility index (Phi) is 5.16. The summed E-state index contributed by atoms with van der Waals surface area (Å²) in [6, 6.07) is 14.2. The maximum atomic E-state index is 13.3. The molecular weight excluding hydrogens is 359 g/mol. The standard InChI is InChI=1S/C19H16F3N3O2/c1-26-13-8-9-15(27-2)14(10-13)23-17-11-16(19(20,21)22)24-18(25-17)12-6-4-3-5-7-12/h3-11H,1-2H3,(H,23,24,25). The van der Waals surface area contributed by atoms with Gasteiger partial charge in [0.15, 0.2) is 11.5 Å². The molecule has 0 saturated carbocycles. The number of benzene rings is 2. The van der Waals surface area contributed by atoms with E-state index in [1.54, 1.807) is 48.5 Å². The predicted octanol–water partition coefficient (Wildman–Crippen LogP) is 4.92. The molecule has 1 aromatic heterocycles. The Bertz CT molecular complexity index is 931. The molecule has 0 amide bonds. The van der Waals surface area contributed by atoms with E-state index < -0.39 is 11.9 Å². The van der Waals surface area contributed by atoms with Crippen LogP contribution in [0.4, 0.5) is 24.7 Å². The summed E-state index contributed by atoms with van der Waals surface area (Å²) < 4.78 is 50.3. The number of alkyl halides is 3. The molecule has 0 radical (unpaired) electrons. The lowest BCUT2D eigenvalue weighted by Gasteiger charge is -2.14. The summed E-state index contributed by atoms with van der Waals surface area (Å²) >= 11 is 0. The minimum absolute atomic E-state index is 0.0114. The van der Waals surface area contributed by atoms with Crippen LogP contribution in [0, 0.1) is 0 Å². The zero-order valence-electron chi connectivity index (χ0n) is 14.5. The van der Waals surface area contributed by atoms with Crippen molar-refractivity contribution in [3.63, 3.8) is 0 Å². The number of methoxy groups -OCH3 is 2. The molecule has 0 unspecified atom stereocenters. The topological polar surface area (TPSA) is 56.3 Å². The first-order valence-corrected chi connectivity index (χ1v) is 7.91. The van der Waals surface area contributed by atoms with E-state index in [1.807, 2.05) is 0 Å². The van der Waals surface area contributed by atoms with Crippen LogP contribution in [0.3, 0.4) is 0 Å². The Morgan fingerprint density at radius 2 is 1.63 bits per heavy atom. The van der Waals surface area contributed by atoms with Gasteiger partial charge in [0.2, 0.25) is 0 Å². The predicted molar refractivity (Wildman–Crippen MR) is 95.3 cm³/mol. The first kappa shape index (κ1) is 18.5. The van der Waals surface area contributed by atoms with Crippen molar-refractivity contribution in [2.24, 2.45) is 0 Å². The minimum Gasteiger partial charge on any atom is -0.497 e. The highest BCUT2D eigenvalue weighted by atomic mass is 19.4. The van der Waals surface area contributed by atoms with Gasteiger partial charge in [0, 0.05) is 17.7 Å². The van der Waals surface area contributed by atoms with Gasteiger partial charge in [-0.1, -0.05) is 30.3 Å². The van der Waals surface area contributed by atoms with Gasteiger partial charge < -0.3 is 14.8 Å². The summed E-state index contributed by atoms with van der Waals surface area (Å²) in [5.41, 5.74) is -0.146. The second-order valence-electron chi connectivity index (χ2n) is 5.52. The fourth-order valence-corrected chi connectivity index (χ4v) is 2.42. The monoisotopic (exact) mass is 375 g/mol. The van der Waals surface area contributed by atoms with Crippen molar-refractivity contribution in [3.8, 4) is 22.9 Å². The van der Waals surface area contributed by atoms with Crippen LogP contribution in [0.2, 0.25) is 0 Å². The van der Waals surface area contributed by atoms with Gasteiger partial charge in [-0.2, -0.15) is 13.2 Å². The number of hydrogen-bond acceptors (Lipinski definition) is 5. The van der Waals surface area contributed by atoms with Gasteiger partial charge in [0.1, 0.15) is 17.3 Å². The second kappa shape index (κ2) is 7.53. The van der Waals surface area contributed by atoms with Gasteiger partial charge in [-0.3, -0.25) is 0 Å². The molecule has 0 fully saturated rings. The first-order valence-electron chi connectivity index (χ1n) is 7.91. The molecule has 0 bridgehead atoms. The summed E-state index contributed by atoms with van der Waals surface area (Å²) in [5.74, 6) is 0.911. The number of halogens is 3. The molecule has 5 nitrogen and oxygen atoms in total. The Morgan fingerprint density at radius 3 is 2.26 bits per heavy atom. The van der Waals surface area contributed by atoms with Crippen LogP contribution in [-0.2, 0) is 6.18 Å². The average Bonchev–Trinajstić information content (AvgIpc) is 2.67. The average molecular weight is 375 g/mol. The molecule has 0 aliphatic heterocycles. The maximum Gasteiger partial charge on any atom is 0.433 e. The number of nitrogens with one attached hydrogen (secondary N) is 1. The fraction of sp³-hybridized carbons (Fsp3) is 0.158. The number of aromatic nitrogens is 2. The summed E-state index contributed by atoms with van der Waals surface area (Å²) in [6.07, 6.45) is -4.61. The number of anilines is 2. The van der Waals surface area contributed by atoms with E-state index in [1.165, 1.54) is 14.2 Å². The molecule has 3 aromatic rings. The molecule has 140 valence electrons. The van der Waals surface area contributed by atoms with Crippen molar-refractivity contribution in [2.75, 3.05) is 19.5 Å². The van der Waals surface area contributed by atoms with Crippen molar-refractivity contribution < 1.29 is 22.6 Å². The number of hydrogen-bond donors (Lipinski definition) is 1. The van der Waals surface area contributed by atoms with Gasteiger partial charge in [0.05, 0.1) is 19.9 Å². The Balaban J connectivity index is 2.08. The van der Waals surface area contributed by atoms with Gasteiger partial charge in [-0.15, -0.1) is 0 Å². The molecule has 0 aliphatic carbocycles. The van der Waals surface area contributed by atoms with Crippen LogP contribution >= 0.6 is 0 Å². The lowest BCUT2D eigenvalue weighted by atomic mass is 10.2. The van der Waals surface area contributed by atoms with Crippen molar-refractivity contribution >= 4 is 11.5 Å². The maximum absolute atomic E-state index is 13.3. The molecule has 2 aromatic carbocycles. The zero-order valence-corrected chi connectivity index (χ0v) is 14.5. The van der Waals surface area contributed by atoms with E-state index in [0.717, 1.165) is 6.07 Å². The van der Waals surface area contributed by atoms with Crippen molar-refractivity contribution in [3.05, 3.63) is 60.3 Å². The molecule has 1 N–H and O–H groups in total. The van der Waals surface area contributed by atoms with E-state index in [-0.39, 0.29) is 11.6 Å². The van der Waals surface area contributed by atoms with Gasteiger partial charge in [0.25, 0.3) is 0 Å². The molecule has 0 atom stereocenters. The lowest BCUT2D eigenvalue weighted by molar-refractivity contribution is -0.141. The SMILES string of the molecule is COc1ccc(OC)c(Nc2cc(C(F)(F)F)nc(-c3ccccc3)n2)c1. The molecule has 1 heterocycles. The number of nitrogens with zero attached hydrogens (tertiary/aromatic N) is 2. The Morgan fingerprint density at radius 1 is 0.889 bits per heavy atom. The molecule has 8 heteroatoms. The lowest BCUT2D eigenvalue weighted by Crippen LogP contribution is -2.11. The third-order valence-electron chi connectivity index (χ3n) is 3.72. The summed E-state index contributed by atoms with van der Waals surface area (Å²) in [7, 11) is 2.95. The summed E-state index contributed by atoms with van der Waals surface area (Å²) in [6.45, 7) is 0. The molecular formula is C19H16F3N3O2. The van der Waals surface area contributed by atoms with Crippen LogP contribution < -0.4 is 14.8 Å². The van der Waals surface area contributed by atoms with Gasteiger partial charge in [-0.25, -0.2) is 9.97 Å². The second-order valence-corrected chi connectivity index (χ2v) is 5.52. The summed E-state index contributed by atoms with van der Waals surface area (Å²) in [4.78, 5) is 7.89. The zero-order chi connectivity index (χ0) is 19.4. The van der Waals surface area contributed by atoms with Crippen molar-refractivity contribution in [1.82, 2.24) is 9.97 Å². The van der Waals surface area contributed by atoms with Crippen molar-refractivity contribution in [2.45, 2.75) is 6.18 Å². The number of ether oxygens (including phenoxy) is 2. The highest BCUT2D eigenvalue weighted by molar-refractivity contribution is 5.68. The Labute approximate surface area is 153 Å². The fourth-order valence-electron chi connectivity index (χ4n) is 2.42. The largest absolute Gasteiger partial charge is 0.497 e. The molecule has 3 rings (SSSR count). The van der Waals surface area contributed by atoms with Crippen LogP contribution in [-0.4, -0.2) is 24.2 Å². The first-order chi connectivity index (χ1) is 12.9. The Hall–Kier alpha value is -3.29. The normalized spacial score (nSPS) is 11.1. The summed E-state index contributed by atoms with van der Waals surface area (Å²) in [5, 5.41) is 2.86. The van der Waals surface area contributed by atoms with E-state index >= 15 is 0 Å². The third-order valence-corrected chi connectivity index (χ3v) is 3.72. The third kappa shape index (κ3) is 4.28. The van der Waals surface area contributed by atoms with Gasteiger partial charge >= 0.3 is 6.18 Å². The highest BCUT2D eigenvalue weighted by Crippen LogP contribution is 2.34. The molecule has 27 heavy (non-hydrogen) atoms. The van der Waals surface area contributed by atoms with E-state index in [2.05, 4.69) is 15.3 Å². The van der Waals surface area contributed by atoms with Crippen LogP contribution in [0.15, 0.2) is 54.6 Å². The van der Waals surface area contributed by atoms with Crippen LogP contribution in [0.25, 0.3) is 11.4 Å². The van der Waals surface area contributed by atoms with Crippen LogP contribution in [0.5, 0.6) is 11.5 Å². The smallest absolute Gasteiger partial charge is 0.433 e. The van der Waals surface area contributed by atoms with Crippen LogP contribution in [0.1, 0.15) is 5.69 Å². The van der Waals surface area contributed by atoms with E-state index in [4.69, 9.17) is 9.47 Å². The molecule has 0 saturated heterocycles. The molecule has 0 spiro atoms. The van der Waals surface area contributed by atoms with E-state index in [9.17, 15) is 13.2 Å². The highest BCUT2D eigenvalue weighted by Gasteiger charge is 2.34. The molecule has 0 aliphatic rings. The quantitative estimate of drug-likeness (QED) is 0.686. The van der Waals surface area contributed by atoms with E-state index in [0.29, 0.717) is 22.7 Å². The van der Waals surface area contributed by atoms with Gasteiger partial charge in [-0.05, 0) is 12.1 Å². The number of rotatable bonds is 5. The van der Waals surface area contributed by atoms with Crippen molar-refractivity contribution in [1.29, 1.82) is 0 Å². The minimum atomic E-state index is -4.61.